The van der Waals surface area contributed by atoms with Gasteiger partial charge < -0.3 is 0 Å². The molecule has 88 valence electrons. The highest BCUT2D eigenvalue weighted by Gasteiger charge is 2.03. The van der Waals surface area contributed by atoms with E-state index in [4.69, 9.17) is 5.26 Å². The largest absolute Gasteiger partial charge is 0.192 e. The molecular formula is C16H19N. The molecule has 0 atom stereocenters. The average Bonchev–Trinajstić information content (AvgIpc) is 2.42. The lowest BCUT2D eigenvalue weighted by Crippen LogP contribution is -1.87. The van der Waals surface area contributed by atoms with Gasteiger partial charge >= 0.3 is 0 Å². The van der Waals surface area contributed by atoms with Crippen LogP contribution in [0.1, 0.15) is 25.0 Å². The van der Waals surface area contributed by atoms with Crippen molar-refractivity contribution < 1.29 is 0 Å². The van der Waals surface area contributed by atoms with Crippen LogP contribution in [0.25, 0.3) is 5.57 Å². The SMILES string of the molecule is C=C.C=C(C#N)/C(=C\C)c1ccc(CC)cc1. The summed E-state index contributed by atoms with van der Waals surface area (Å²) < 4.78 is 0. The minimum Gasteiger partial charge on any atom is -0.192 e. The third-order valence-electron chi connectivity index (χ3n) is 2.42. The van der Waals surface area contributed by atoms with Crippen molar-refractivity contribution in [1.29, 1.82) is 5.26 Å². The molecule has 0 N–H and O–H groups in total. The van der Waals surface area contributed by atoms with Crippen LogP contribution in [0.5, 0.6) is 0 Å². The zero-order valence-corrected chi connectivity index (χ0v) is 10.7. The molecule has 1 nitrogen and oxygen atoms in total. The first kappa shape index (κ1) is 14.9. The molecule has 1 rings (SSSR count). The van der Waals surface area contributed by atoms with Gasteiger partial charge in [-0.25, -0.2) is 0 Å². The highest BCUT2D eigenvalue weighted by atomic mass is 14.2. The number of rotatable bonds is 3. The van der Waals surface area contributed by atoms with Gasteiger partial charge in [0, 0.05) is 0 Å². The van der Waals surface area contributed by atoms with Gasteiger partial charge in [0.1, 0.15) is 0 Å². The topological polar surface area (TPSA) is 23.8 Å². The Balaban J connectivity index is 0.00000121. The maximum Gasteiger partial charge on any atom is 0.0991 e. The fourth-order valence-corrected chi connectivity index (χ4v) is 1.50. The Hall–Kier alpha value is -2.07. The predicted octanol–water partition coefficient (Wildman–Crippen LogP) is 4.53. The van der Waals surface area contributed by atoms with Crippen LogP contribution in [-0.2, 0) is 6.42 Å². The van der Waals surface area contributed by atoms with Gasteiger partial charge in [-0.15, -0.1) is 13.2 Å². The Kier molecular flexibility index (Phi) is 7.14. The smallest absolute Gasteiger partial charge is 0.0991 e. The van der Waals surface area contributed by atoms with Gasteiger partial charge in [0.05, 0.1) is 11.6 Å². The second kappa shape index (κ2) is 8.13. The lowest BCUT2D eigenvalue weighted by Gasteiger charge is -2.05. The second-order valence-corrected chi connectivity index (χ2v) is 3.34. The molecule has 0 heterocycles. The molecule has 0 bridgehead atoms. The highest BCUT2D eigenvalue weighted by Crippen LogP contribution is 2.21. The van der Waals surface area contributed by atoms with Crippen LogP contribution < -0.4 is 0 Å². The molecular weight excluding hydrogens is 206 g/mol. The van der Waals surface area contributed by atoms with E-state index >= 15 is 0 Å². The summed E-state index contributed by atoms with van der Waals surface area (Å²) in [5.41, 5.74) is 3.79. The number of aryl methyl sites for hydroxylation is 1. The van der Waals surface area contributed by atoms with Crippen LogP contribution in [0, 0.1) is 11.3 Å². The zero-order chi connectivity index (χ0) is 13.3. The van der Waals surface area contributed by atoms with E-state index in [1.807, 2.05) is 25.1 Å². The molecule has 1 heteroatoms. The molecule has 0 spiro atoms. The third kappa shape index (κ3) is 4.12. The number of hydrogen-bond acceptors (Lipinski definition) is 1. The molecule has 0 amide bonds. The van der Waals surface area contributed by atoms with Crippen molar-refractivity contribution in [3.05, 3.63) is 66.8 Å². The molecule has 0 aliphatic carbocycles. The summed E-state index contributed by atoms with van der Waals surface area (Å²) in [5.74, 6) is 0. The van der Waals surface area contributed by atoms with Crippen LogP contribution in [0.2, 0.25) is 0 Å². The van der Waals surface area contributed by atoms with Gasteiger partial charge in [-0.05, 0) is 30.0 Å². The van der Waals surface area contributed by atoms with E-state index < -0.39 is 0 Å². The van der Waals surface area contributed by atoms with Crippen molar-refractivity contribution in [1.82, 2.24) is 0 Å². The second-order valence-electron chi connectivity index (χ2n) is 3.34. The number of benzene rings is 1. The van der Waals surface area contributed by atoms with Crippen molar-refractivity contribution in [2.75, 3.05) is 0 Å². The third-order valence-corrected chi connectivity index (χ3v) is 2.42. The van der Waals surface area contributed by atoms with E-state index in [0.29, 0.717) is 5.57 Å². The summed E-state index contributed by atoms with van der Waals surface area (Å²) in [4.78, 5) is 0. The predicted molar refractivity (Wildman–Crippen MR) is 75.5 cm³/mol. The van der Waals surface area contributed by atoms with E-state index in [0.717, 1.165) is 17.6 Å². The molecule has 0 unspecified atom stereocenters. The zero-order valence-electron chi connectivity index (χ0n) is 10.7. The van der Waals surface area contributed by atoms with Gasteiger partial charge in [-0.3, -0.25) is 0 Å². The van der Waals surface area contributed by atoms with Gasteiger partial charge in [0.15, 0.2) is 0 Å². The quantitative estimate of drug-likeness (QED) is 0.421. The molecule has 1 aromatic rings. The number of hydrogen-bond donors (Lipinski definition) is 0. The Morgan fingerprint density at radius 1 is 1.29 bits per heavy atom. The first-order chi connectivity index (χ1) is 8.22. The van der Waals surface area contributed by atoms with E-state index in [1.54, 1.807) is 0 Å². The Morgan fingerprint density at radius 2 is 1.82 bits per heavy atom. The van der Waals surface area contributed by atoms with Crippen LogP contribution in [0.4, 0.5) is 0 Å². The van der Waals surface area contributed by atoms with Gasteiger partial charge in [-0.2, -0.15) is 5.26 Å². The molecule has 0 saturated heterocycles. The number of nitrogens with zero attached hydrogens (tertiary/aromatic N) is 1. The van der Waals surface area contributed by atoms with E-state index in [-0.39, 0.29) is 0 Å². The van der Waals surface area contributed by atoms with Crippen molar-refractivity contribution in [3.8, 4) is 6.07 Å². The number of allylic oxidation sites excluding steroid dienone is 3. The summed E-state index contributed by atoms with van der Waals surface area (Å²) in [5, 5.41) is 8.81. The van der Waals surface area contributed by atoms with Gasteiger partial charge in [-0.1, -0.05) is 43.8 Å². The van der Waals surface area contributed by atoms with Crippen molar-refractivity contribution in [2.45, 2.75) is 20.3 Å². The molecule has 17 heavy (non-hydrogen) atoms. The Morgan fingerprint density at radius 3 is 2.18 bits per heavy atom. The number of nitriles is 1. The van der Waals surface area contributed by atoms with Crippen LogP contribution in [0.3, 0.4) is 0 Å². The maximum absolute atomic E-state index is 8.81. The van der Waals surface area contributed by atoms with Crippen molar-refractivity contribution in [2.24, 2.45) is 0 Å². The Bertz CT molecular complexity index is 430. The lowest BCUT2D eigenvalue weighted by atomic mass is 9.98. The standard InChI is InChI=1S/C14H15N.C2H4/c1-4-12-6-8-13(9-7-12)14(5-2)11(3)10-15;1-2/h5-9H,3-4H2,1-2H3;1-2H2/b14-5+;. The minimum atomic E-state index is 0.516. The summed E-state index contributed by atoms with van der Waals surface area (Å²) in [7, 11) is 0. The van der Waals surface area contributed by atoms with E-state index in [2.05, 4.69) is 44.9 Å². The molecule has 0 aliphatic rings. The summed E-state index contributed by atoms with van der Waals surface area (Å²) in [6, 6.07) is 10.3. The molecule has 0 radical (unpaired) electrons. The van der Waals surface area contributed by atoms with Gasteiger partial charge in [0.2, 0.25) is 0 Å². The monoisotopic (exact) mass is 225 g/mol. The Labute approximate surface area is 104 Å². The van der Waals surface area contributed by atoms with Crippen molar-refractivity contribution >= 4 is 5.57 Å². The fraction of sp³-hybridized carbons (Fsp3) is 0.188. The fourth-order valence-electron chi connectivity index (χ4n) is 1.50. The summed E-state index contributed by atoms with van der Waals surface area (Å²) in [6.45, 7) is 13.8. The van der Waals surface area contributed by atoms with Gasteiger partial charge in [0.25, 0.3) is 0 Å². The lowest BCUT2D eigenvalue weighted by molar-refractivity contribution is 1.14. The maximum atomic E-state index is 8.81. The first-order valence-corrected chi connectivity index (χ1v) is 5.58. The molecule has 1 aromatic carbocycles. The molecule has 0 saturated carbocycles. The molecule has 0 aliphatic heterocycles. The summed E-state index contributed by atoms with van der Waals surface area (Å²) in [6.07, 6.45) is 2.96. The highest BCUT2D eigenvalue weighted by molar-refractivity contribution is 5.81. The molecule has 0 aromatic heterocycles. The first-order valence-electron chi connectivity index (χ1n) is 5.58. The average molecular weight is 225 g/mol. The van der Waals surface area contributed by atoms with E-state index in [9.17, 15) is 0 Å². The van der Waals surface area contributed by atoms with Crippen LogP contribution in [-0.4, -0.2) is 0 Å². The normalized spacial score (nSPS) is 9.82. The summed E-state index contributed by atoms with van der Waals surface area (Å²) >= 11 is 0. The minimum absolute atomic E-state index is 0.516. The van der Waals surface area contributed by atoms with Crippen LogP contribution in [0.15, 0.2) is 55.7 Å². The van der Waals surface area contributed by atoms with E-state index in [1.165, 1.54) is 5.56 Å². The molecule has 0 fully saturated rings. The van der Waals surface area contributed by atoms with Crippen molar-refractivity contribution in [3.63, 3.8) is 0 Å². The van der Waals surface area contributed by atoms with Crippen LogP contribution >= 0.6 is 0 Å².